The van der Waals surface area contributed by atoms with Crippen LogP contribution in [0.2, 0.25) is 0 Å². The third kappa shape index (κ3) is 6.67. The summed E-state index contributed by atoms with van der Waals surface area (Å²) in [6, 6.07) is 11.0. The Hall–Kier alpha value is -2.71. The highest BCUT2D eigenvalue weighted by Gasteiger charge is 2.23. The molecule has 0 heterocycles. The Morgan fingerprint density at radius 1 is 1.23 bits per heavy atom. The summed E-state index contributed by atoms with van der Waals surface area (Å²) in [4.78, 5) is 0. The van der Waals surface area contributed by atoms with E-state index in [0.29, 0.717) is 35.2 Å². The number of thioether (sulfide) groups is 1. The number of ether oxygens (including phenoxy) is 2. The lowest BCUT2D eigenvalue weighted by Gasteiger charge is -2.30. The minimum Gasteiger partial charge on any atom is -0.493 e. The standard InChI is InChI=1S/C20H24FN3O3S.2H2O/c1-4-27-20-11-14(5-8-19(20)26-2)18(13-28-3)24(25)17-7-6-15(21)12-16(17)23-10-9-22;;/h5-8,11-12,18,23,25H,4,10,13H2,1-3H3;2*1H2/t18-;;/m0../s1. The van der Waals surface area contributed by atoms with Gasteiger partial charge in [0.2, 0.25) is 0 Å². The summed E-state index contributed by atoms with van der Waals surface area (Å²) in [6.45, 7) is 2.36. The molecule has 0 aromatic heterocycles. The summed E-state index contributed by atoms with van der Waals surface area (Å²) in [5.74, 6) is 1.31. The molecule has 0 saturated heterocycles. The van der Waals surface area contributed by atoms with Crippen LogP contribution in [-0.4, -0.2) is 48.4 Å². The van der Waals surface area contributed by atoms with E-state index in [1.807, 2.05) is 31.4 Å². The van der Waals surface area contributed by atoms with Crippen molar-refractivity contribution in [3.8, 4) is 17.6 Å². The van der Waals surface area contributed by atoms with Crippen LogP contribution in [-0.2, 0) is 0 Å². The third-order valence-corrected chi connectivity index (χ3v) is 4.70. The van der Waals surface area contributed by atoms with Crippen LogP contribution in [0.15, 0.2) is 36.4 Å². The number of hydrogen-bond acceptors (Lipinski definition) is 7. The van der Waals surface area contributed by atoms with Crippen LogP contribution < -0.4 is 19.9 Å². The molecule has 1 atom stereocenters. The number of benzene rings is 2. The van der Waals surface area contributed by atoms with E-state index < -0.39 is 11.9 Å². The Balaban J connectivity index is 0.00000420. The van der Waals surface area contributed by atoms with Crippen molar-refractivity contribution in [3.63, 3.8) is 0 Å². The number of hydrogen-bond donors (Lipinski definition) is 2. The molecule has 10 heteroatoms. The van der Waals surface area contributed by atoms with Crippen molar-refractivity contribution < 1.29 is 30.0 Å². The van der Waals surface area contributed by atoms with E-state index in [9.17, 15) is 9.60 Å². The fourth-order valence-electron chi connectivity index (χ4n) is 2.79. The van der Waals surface area contributed by atoms with Crippen molar-refractivity contribution in [2.75, 3.05) is 42.7 Å². The zero-order valence-electron chi connectivity index (χ0n) is 17.1. The van der Waals surface area contributed by atoms with Gasteiger partial charge in [-0.2, -0.15) is 17.0 Å². The molecule has 2 rings (SSSR count). The van der Waals surface area contributed by atoms with Crippen LogP contribution in [0.1, 0.15) is 18.5 Å². The van der Waals surface area contributed by atoms with Crippen molar-refractivity contribution >= 4 is 23.1 Å². The quantitative estimate of drug-likeness (QED) is 0.426. The van der Waals surface area contributed by atoms with Crippen molar-refractivity contribution in [2.24, 2.45) is 0 Å². The lowest BCUT2D eigenvalue weighted by molar-refractivity contribution is 0.225. The molecule has 2 aromatic rings. The van der Waals surface area contributed by atoms with E-state index in [0.717, 1.165) is 10.6 Å². The number of rotatable bonds is 10. The minimum absolute atomic E-state index is 0. The lowest BCUT2D eigenvalue weighted by Crippen LogP contribution is -2.28. The average molecular weight is 442 g/mol. The number of nitrogens with zero attached hydrogens (tertiary/aromatic N) is 2. The predicted octanol–water partition coefficient (Wildman–Crippen LogP) is 2.82. The van der Waals surface area contributed by atoms with Crippen molar-refractivity contribution in [1.29, 1.82) is 5.26 Å². The van der Waals surface area contributed by atoms with Crippen molar-refractivity contribution in [2.45, 2.75) is 13.0 Å². The maximum absolute atomic E-state index is 13.7. The average Bonchev–Trinajstić information content (AvgIpc) is 2.70. The number of nitriles is 1. The van der Waals surface area contributed by atoms with Gasteiger partial charge < -0.3 is 25.7 Å². The second-order valence-electron chi connectivity index (χ2n) is 5.83. The first-order valence-corrected chi connectivity index (χ1v) is 10.1. The highest BCUT2D eigenvalue weighted by atomic mass is 32.2. The number of hydroxylamine groups is 1. The van der Waals surface area contributed by atoms with E-state index in [1.165, 1.54) is 18.2 Å². The molecule has 8 nitrogen and oxygen atoms in total. The van der Waals surface area contributed by atoms with Gasteiger partial charge in [-0.3, -0.25) is 5.21 Å². The van der Waals surface area contributed by atoms with Gasteiger partial charge in [0.1, 0.15) is 12.4 Å². The van der Waals surface area contributed by atoms with Gasteiger partial charge in [-0.05, 0) is 49.1 Å². The van der Waals surface area contributed by atoms with E-state index in [1.54, 1.807) is 24.9 Å². The predicted molar refractivity (Wildman–Crippen MR) is 117 cm³/mol. The summed E-state index contributed by atoms with van der Waals surface area (Å²) in [5.41, 5.74) is 1.54. The van der Waals surface area contributed by atoms with Gasteiger partial charge in [-0.15, -0.1) is 0 Å². The molecule has 0 spiro atoms. The Morgan fingerprint density at radius 3 is 2.57 bits per heavy atom. The molecular weight excluding hydrogens is 413 g/mol. The molecule has 0 aliphatic carbocycles. The maximum atomic E-state index is 13.7. The molecule has 6 N–H and O–H groups in total. The molecule has 0 aliphatic rings. The van der Waals surface area contributed by atoms with Gasteiger partial charge in [-0.25, -0.2) is 9.45 Å². The summed E-state index contributed by atoms with van der Waals surface area (Å²) < 4.78 is 24.6. The Bertz CT molecular complexity index is 835. The van der Waals surface area contributed by atoms with Gasteiger partial charge in [0, 0.05) is 5.75 Å². The first-order valence-electron chi connectivity index (χ1n) is 8.73. The Morgan fingerprint density at radius 2 is 1.97 bits per heavy atom. The minimum atomic E-state index is -0.456. The number of halogens is 1. The van der Waals surface area contributed by atoms with E-state index in [4.69, 9.17) is 14.7 Å². The van der Waals surface area contributed by atoms with Crippen molar-refractivity contribution in [1.82, 2.24) is 0 Å². The van der Waals surface area contributed by atoms with Crippen LogP contribution in [0.5, 0.6) is 11.5 Å². The zero-order valence-corrected chi connectivity index (χ0v) is 17.9. The molecule has 0 amide bonds. The Kier molecular flexibility index (Phi) is 12.3. The molecule has 0 unspecified atom stereocenters. The number of nitrogens with one attached hydrogen (secondary N) is 1. The number of anilines is 2. The first-order chi connectivity index (χ1) is 13.5. The first kappa shape index (κ1) is 27.3. The topological polar surface area (TPSA) is 141 Å². The van der Waals surface area contributed by atoms with Crippen LogP contribution >= 0.6 is 11.8 Å². The van der Waals surface area contributed by atoms with Crippen LogP contribution in [0.4, 0.5) is 15.8 Å². The number of methoxy groups -OCH3 is 1. The second kappa shape index (κ2) is 13.5. The fourth-order valence-corrected chi connectivity index (χ4v) is 3.44. The molecule has 0 radical (unpaired) electrons. The molecule has 0 aliphatic heterocycles. The molecular formula is C20H28FN3O5S. The highest BCUT2D eigenvalue weighted by molar-refractivity contribution is 7.98. The molecule has 30 heavy (non-hydrogen) atoms. The molecule has 2 aromatic carbocycles. The maximum Gasteiger partial charge on any atom is 0.161 e. The monoisotopic (exact) mass is 441 g/mol. The summed E-state index contributed by atoms with van der Waals surface area (Å²) in [6.07, 6.45) is 1.94. The summed E-state index contributed by atoms with van der Waals surface area (Å²) >= 11 is 1.56. The molecule has 0 saturated carbocycles. The second-order valence-corrected chi connectivity index (χ2v) is 6.74. The summed E-state index contributed by atoms with van der Waals surface area (Å²) in [7, 11) is 1.57. The van der Waals surface area contributed by atoms with Gasteiger partial charge in [0.25, 0.3) is 0 Å². The Labute approximate surface area is 179 Å². The van der Waals surface area contributed by atoms with Crippen molar-refractivity contribution in [3.05, 3.63) is 47.8 Å². The van der Waals surface area contributed by atoms with E-state index >= 15 is 0 Å². The fraction of sp³-hybridized carbons (Fsp3) is 0.350. The zero-order chi connectivity index (χ0) is 20.5. The SMILES string of the molecule is CCOc1cc([C@H](CSC)N(O)c2ccc(F)cc2NCC#N)ccc1OC.O.O. The van der Waals surface area contributed by atoms with Crippen LogP contribution in [0.25, 0.3) is 0 Å². The van der Waals surface area contributed by atoms with E-state index in [2.05, 4.69) is 5.32 Å². The molecule has 166 valence electrons. The smallest absolute Gasteiger partial charge is 0.161 e. The summed E-state index contributed by atoms with van der Waals surface area (Å²) in [5, 5.41) is 23.7. The van der Waals surface area contributed by atoms with Gasteiger partial charge in [0.15, 0.2) is 11.5 Å². The highest BCUT2D eigenvalue weighted by Crippen LogP contribution is 2.37. The molecule has 0 bridgehead atoms. The normalized spacial score (nSPS) is 10.7. The van der Waals surface area contributed by atoms with Gasteiger partial charge in [0.05, 0.1) is 37.2 Å². The van der Waals surface area contributed by atoms with Crippen LogP contribution in [0.3, 0.4) is 0 Å². The van der Waals surface area contributed by atoms with Gasteiger partial charge >= 0.3 is 0 Å². The van der Waals surface area contributed by atoms with Gasteiger partial charge in [-0.1, -0.05) is 6.07 Å². The third-order valence-electron chi connectivity index (χ3n) is 4.06. The van der Waals surface area contributed by atoms with Crippen LogP contribution in [0, 0.1) is 17.1 Å². The lowest BCUT2D eigenvalue weighted by atomic mass is 10.1. The van der Waals surface area contributed by atoms with E-state index in [-0.39, 0.29) is 17.5 Å². The molecule has 0 fully saturated rings. The largest absolute Gasteiger partial charge is 0.493 e.